The zero-order valence-corrected chi connectivity index (χ0v) is 16.2. The van der Waals surface area contributed by atoms with E-state index >= 15 is 0 Å². The Morgan fingerprint density at radius 3 is 2.93 bits per heavy atom. The minimum absolute atomic E-state index is 0.154. The quantitative estimate of drug-likeness (QED) is 0.851. The van der Waals surface area contributed by atoms with Gasteiger partial charge in [0, 0.05) is 12.2 Å². The molecule has 1 aromatic carbocycles. The number of rotatable bonds is 6. The molecule has 1 aliphatic rings. The maximum Gasteiger partial charge on any atom is 0.230 e. The topological polar surface area (TPSA) is 54.5 Å². The molecule has 1 aliphatic heterocycles. The Morgan fingerprint density at radius 1 is 1.26 bits per heavy atom. The number of nitrogens with one attached hydrogen (secondary N) is 1. The van der Waals surface area contributed by atoms with Crippen molar-refractivity contribution in [3.8, 4) is 5.75 Å². The zero-order valence-electron chi connectivity index (χ0n) is 16.2. The van der Waals surface area contributed by atoms with Crippen molar-refractivity contribution in [2.45, 2.75) is 44.7 Å². The molecule has 2 heterocycles. The van der Waals surface area contributed by atoms with Crippen LogP contribution < -0.4 is 10.1 Å². The summed E-state index contributed by atoms with van der Waals surface area (Å²) in [5, 5.41) is 3.44. The number of amides is 1. The Balaban J connectivity index is 1.84. The van der Waals surface area contributed by atoms with E-state index in [1.165, 1.54) is 0 Å². The molecule has 144 valence electrons. The van der Waals surface area contributed by atoms with Crippen LogP contribution in [0.1, 0.15) is 43.4 Å². The van der Waals surface area contributed by atoms with Gasteiger partial charge in [0.15, 0.2) is 0 Å². The van der Waals surface area contributed by atoms with Crippen molar-refractivity contribution in [3.63, 3.8) is 0 Å². The number of ether oxygens (including phenoxy) is 1. The smallest absolute Gasteiger partial charge is 0.230 e. The van der Waals surface area contributed by atoms with Crippen molar-refractivity contribution in [1.82, 2.24) is 15.2 Å². The third kappa shape index (κ3) is 5.07. The van der Waals surface area contributed by atoms with Crippen molar-refractivity contribution < 1.29 is 9.53 Å². The molecule has 2 atom stereocenters. The lowest BCUT2D eigenvalue weighted by molar-refractivity contribution is -0.135. The first-order valence-electron chi connectivity index (χ1n) is 9.74. The first-order chi connectivity index (χ1) is 13.2. The van der Waals surface area contributed by atoms with Gasteiger partial charge in [-0.1, -0.05) is 18.2 Å². The summed E-state index contributed by atoms with van der Waals surface area (Å²) in [5.74, 6) is 0.711. The number of aromatic nitrogens is 1. The van der Waals surface area contributed by atoms with Crippen LogP contribution in [0.5, 0.6) is 5.75 Å². The Hall–Kier alpha value is -2.40. The lowest BCUT2D eigenvalue weighted by Gasteiger charge is -2.33. The van der Waals surface area contributed by atoms with Gasteiger partial charge in [-0.15, -0.1) is 0 Å². The van der Waals surface area contributed by atoms with Gasteiger partial charge in [-0.3, -0.25) is 9.78 Å². The summed E-state index contributed by atoms with van der Waals surface area (Å²) in [5.41, 5.74) is 1.91. The molecule has 1 fully saturated rings. The molecule has 0 aliphatic carbocycles. The number of carbonyl (C=O) groups is 1. The van der Waals surface area contributed by atoms with Crippen LogP contribution in [0.25, 0.3) is 0 Å². The van der Waals surface area contributed by atoms with Crippen molar-refractivity contribution in [2.75, 3.05) is 20.2 Å². The summed E-state index contributed by atoms with van der Waals surface area (Å²) < 4.78 is 5.33. The van der Waals surface area contributed by atoms with Gasteiger partial charge in [0.05, 0.1) is 25.3 Å². The Bertz CT molecular complexity index is 727. The molecular weight excluding hydrogens is 338 g/mol. The van der Waals surface area contributed by atoms with E-state index in [9.17, 15) is 4.79 Å². The molecule has 27 heavy (non-hydrogen) atoms. The van der Waals surface area contributed by atoms with Crippen LogP contribution in [0.3, 0.4) is 0 Å². The standard InChI is InChI=1S/C22H29N3O2/c1-17(18-7-5-10-21(15-18)27-2)22(26)25(16-19-8-3-4-13-24-19)20-9-6-12-23-14-11-20/h3-5,7-8,10,13,15,17,20,23H,6,9,11-12,14,16H2,1-2H3. The van der Waals surface area contributed by atoms with Gasteiger partial charge in [-0.05, 0) is 69.1 Å². The number of nitrogens with zero attached hydrogens (tertiary/aromatic N) is 2. The fourth-order valence-corrected chi connectivity index (χ4v) is 3.67. The molecule has 1 N–H and O–H groups in total. The molecule has 2 unspecified atom stereocenters. The van der Waals surface area contributed by atoms with E-state index in [-0.39, 0.29) is 17.9 Å². The van der Waals surface area contributed by atoms with Crippen molar-refractivity contribution in [2.24, 2.45) is 0 Å². The van der Waals surface area contributed by atoms with Crippen LogP contribution in [-0.2, 0) is 11.3 Å². The zero-order chi connectivity index (χ0) is 19.1. The number of benzene rings is 1. The highest BCUT2D eigenvalue weighted by atomic mass is 16.5. The van der Waals surface area contributed by atoms with E-state index in [1.54, 1.807) is 13.3 Å². The second-order valence-corrected chi connectivity index (χ2v) is 7.12. The normalized spacial score (nSPS) is 18.4. The van der Waals surface area contributed by atoms with Crippen molar-refractivity contribution >= 4 is 5.91 Å². The van der Waals surface area contributed by atoms with Crippen LogP contribution in [-0.4, -0.2) is 42.0 Å². The van der Waals surface area contributed by atoms with E-state index in [1.807, 2.05) is 54.3 Å². The third-order valence-electron chi connectivity index (χ3n) is 5.29. The molecule has 2 aromatic rings. The SMILES string of the molecule is COc1cccc(C(C)C(=O)N(Cc2ccccn2)C2CCCNCC2)c1. The van der Waals surface area contributed by atoms with Crippen LogP contribution in [0.4, 0.5) is 0 Å². The number of hydrogen-bond acceptors (Lipinski definition) is 4. The van der Waals surface area contributed by atoms with E-state index in [4.69, 9.17) is 4.74 Å². The highest BCUT2D eigenvalue weighted by Crippen LogP contribution is 2.26. The lowest BCUT2D eigenvalue weighted by atomic mass is 9.97. The van der Waals surface area contributed by atoms with Gasteiger partial charge in [0.2, 0.25) is 5.91 Å². The average molecular weight is 367 g/mol. The second kappa shape index (κ2) is 9.51. The van der Waals surface area contributed by atoms with Crippen molar-refractivity contribution in [3.05, 3.63) is 59.9 Å². The summed E-state index contributed by atoms with van der Waals surface area (Å²) in [7, 11) is 1.65. The predicted molar refractivity (Wildman–Crippen MR) is 107 cm³/mol. The highest BCUT2D eigenvalue weighted by Gasteiger charge is 2.29. The average Bonchev–Trinajstić information content (AvgIpc) is 3.01. The molecule has 1 saturated heterocycles. The van der Waals surface area contributed by atoms with Crippen LogP contribution in [0, 0.1) is 0 Å². The molecule has 5 nitrogen and oxygen atoms in total. The van der Waals surface area contributed by atoms with Gasteiger partial charge in [0.1, 0.15) is 5.75 Å². The number of methoxy groups -OCH3 is 1. The molecule has 0 saturated carbocycles. The van der Waals surface area contributed by atoms with Crippen LogP contribution in [0.15, 0.2) is 48.7 Å². The first kappa shape index (κ1) is 19.4. The van der Waals surface area contributed by atoms with Gasteiger partial charge in [-0.25, -0.2) is 0 Å². The van der Waals surface area contributed by atoms with Gasteiger partial charge >= 0.3 is 0 Å². The predicted octanol–water partition coefficient (Wildman–Crippen LogP) is 3.36. The molecular formula is C22H29N3O2. The van der Waals surface area contributed by atoms with E-state index < -0.39 is 0 Å². The van der Waals surface area contributed by atoms with Gasteiger partial charge in [-0.2, -0.15) is 0 Å². The third-order valence-corrected chi connectivity index (χ3v) is 5.29. The summed E-state index contributed by atoms with van der Waals surface area (Å²) in [6.45, 7) is 4.51. The monoisotopic (exact) mass is 367 g/mol. The Labute approximate surface area is 161 Å². The molecule has 0 radical (unpaired) electrons. The van der Waals surface area contributed by atoms with Gasteiger partial charge in [0.25, 0.3) is 0 Å². The lowest BCUT2D eigenvalue weighted by Crippen LogP contribution is -2.42. The van der Waals surface area contributed by atoms with Gasteiger partial charge < -0.3 is 15.0 Å². The van der Waals surface area contributed by atoms with E-state index in [0.717, 1.165) is 49.4 Å². The Morgan fingerprint density at radius 2 is 2.15 bits per heavy atom. The number of carbonyl (C=O) groups excluding carboxylic acids is 1. The summed E-state index contributed by atoms with van der Waals surface area (Å²) in [6.07, 6.45) is 4.88. The van der Waals surface area contributed by atoms with E-state index in [2.05, 4.69) is 10.3 Å². The summed E-state index contributed by atoms with van der Waals surface area (Å²) in [4.78, 5) is 20.0. The first-order valence-corrected chi connectivity index (χ1v) is 9.74. The molecule has 0 spiro atoms. The second-order valence-electron chi connectivity index (χ2n) is 7.12. The minimum atomic E-state index is -0.222. The molecule has 1 amide bonds. The summed E-state index contributed by atoms with van der Waals surface area (Å²) in [6, 6.07) is 13.9. The molecule has 1 aromatic heterocycles. The molecule has 5 heteroatoms. The minimum Gasteiger partial charge on any atom is -0.497 e. The fourth-order valence-electron chi connectivity index (χ4n) is 3.67. The maximum atomic E-state index is 13.5. The Kier molecular flexibility index (Phi) is 6.82. The van der Waals surface area contributed by atoms with E-state index in [0.29, 0.717) is 6.54 Å². The molecule has 3 rings (SSSR count). The largest absolute Gasteiger partial charge is 0.497 e. The fraction of sp³-hybridized carbons (Fsp3) is 0.455. The highest BCUT2D eigenvalue weighted by molar-refractivity contribution is 5.83. The van der Waals surface area contributed by atoms with Crippen LogP contribution in [0.2, 0.25) is 0 Å². The summed E-state index contributed by atoms with van der Waals surface area (Å²) >= 11 is 0. The number of hydrogen-bond donors (Lipinski definition) is 1. The maximum absolute atomic E-state index is 13.5. The van der Waals surface area contributed by atoms with Crippen molar-refractivity contribution in [1.29, 1.82) is 0 Å². The number of pyridine rings is 1. The van der Waals surface area contributed by atoms with Crippen LogP contribution >= 0.6 is 0 Å². The molecule has 0 bridgehead atoms.